The molecular weight excluding hydrogens is 396 g/mol. The number of nitrogens with zero attached hydrogens (tertiary/aromatic N) is 2. The molecule has 5 nitrogen and oxygen atoms in total. The van der Waals surface area contributed by atoms with E-state index in [0.717, 1.165) is 55.3 Å². The molecule has 1 atom stereocenters. The number of rotatable bonds is 6. The van der Waals surface area contributed by atoms with Gasteiger partial charge in [-0.25, -0.2) is 4.98 Å². The van der Waals surface area contributed by atoms with E-state index in [1.54, 1.807) is 12.5 Å². The van der Waals surface area contributed by atoms with E-state index in [-0.39, 0.29) is 6.10 Å². The van der Waals surface area contributed by atoms with Crippen molar-refractivity contribution in [1.29, 1.82) is 0 Å². The summed E-state index contributed by atoms with van der Waals surface area (Å²) in [6.07, 6.45) is 4.65. The largest absolute Gasteiger partial charge is 0.493 e. The number of ether oxygens (including phenoxy) is 2. The van der Waals surface area contributed by atoms with Gasteiger partial charge < -0.3 is 9.47 Å². The van der Waals surface area contributed by atoms with Gasteiger partial charge in [-0.2, -0.15) is 0 Å². The van der Waals surface area contributed by atoms with Crippen molar-refractivity contribution in [3.8, 4) is 22.6 Å². The van der Waals surface area contributed by atoms with Crippen LogP contribution in [-0.4, -0.2) is 46.1 Å². The summed E-state index contributed by atoms with van der Waals surface area (Å²) in [6, 6.07) is 18.4. The molecule has 0 amide bonds. The number of aromatic nitrogens is 1. The Kier molecular flexibility index (Phi) is 5.27. The van der Waals surface area contributed by atoms with Gasteiger partial charge in [0.25, 0.3) is 0 Å². The summed E-state index contributed by atoms with van der Waals surface area (Å²) in [5, 5.41) is 0.599. The minimum Gasteiger partial charge on any atom is -0.493 e. The van der Waals surface area contributed by atoms with Crippen LogP contribution in [0.15, 0.2) is 65.8 Å². The van der Waals surface area contributed by atoms with Crippen LogP contribution in [0.2, 0.25) is 0 Å². The molecule has 6 heteroatoms. The van der Waals surface area contributed by atoms with Crippen LogP contribution >= 0.6 is 0 Å². The van der Waals surface area contributed by atoms with Crippen LogP contribution in [0.1, 0.15) is 11.1 Å². The first kappa shape index (κ1) is 19.3. The molecule has 1 saturated heterocycles. The molecule has 30 heavy (non-hydrogen) atoms. The van der Waals surface area contributed by atoms with Crippen LogP contribution in [0.4, 0.5) is 0 Å². The van der Waals surface area contributed by atoms with Gasteiger partial charge in [0.1, 0.15) is 22.6 Å². The summed E-state index contributed by atoms with van der Waals surface area (Å²) in [7, 11) is -1.06. The van der Waals surface area contributed by atoms with Gasteiger partial charge in [0.05, 0.1) is 17.4 Å². The second-order valence-corrected chi connectivity index (χ2v) is 9.16. The lowest BCUT2D eigenvalue weighted by molar-refractivity contribution is 0.0146. The van der Waals surface area contributed by atoms with E-state index < -0.39 is 10.8 Å². The number of fused-ring (bicyclic) bond motifs is 1. The van der Waals surface area contributed by atoms with E-state index in [1.807, 2.05) is 36.4 Å². The van der Waals surface area contributed by atoms with Gasteiger partial charge in [0.2, 0.25) is 0 Å². The monoisotopic (exact) mass is 420 g/mol. The van der Waals surface area contributed by atoms with E-state index in [2.05, 4.69) is 28.1 Å². The maximum atomic E-state index is 11.5. The first-order valence-electron chi connectivity index (χ1n) is 10.2. The van der Waals surface area contributed by atoms with Crippen LogP contribution in [0, 0.1) is 0 Å². The van der Waals surface area contributed by atoms with Crippen LogP contribution < -0.4 is 9.47 Å². The molecule has 0 bridgehead atoms. The van der Waals surface area contributed by atoms with Gasteiger partial charge in [0.15, 0.2) is 0 Å². The van der Waals surface area contributed by atoms with Crippen LogP contribution in [0.25, 0.3) is 11.1 Å². The van der Waals surface area contributed by atoms with Crippen molar-refractivity contribution >= 4 is 10.8 Å². The third kappa shape index (κ3) is 4.11. The molecular formula is C24H24N2O3S. The molecule has 5 rings (SSSR count). The van der Waals surface area contributed by atoms with E-state index in [0.29, 0.717) is 5.03 Å². The van der Waals surface area contributed by atoms with Gasteiger partial charge in [-0.05, 0) is 41.0 Å². The van der Waals surface area contributed by atoms with E-state index in [9.17, 15) is 4.21 Å². The molecule has 0 N–H and O–H groups in total. The molecule has 154 valence electrons. The van der Waals surface area contributed by atoms with Gasteiger partial charge in [-0.15, -0.1) is 0 Å². The predicted molar refractivity (Wildman–Crippen MR) is 117 cm³/mol. The first-order chi connectivity index (χ1) is 14.6. The minimum atomic E-state index is -1.06. The average Bonchev–Trinajstić information content (AvgIpc) is 3.21. The summed E-state index contributed by atoms with van der Waals surface area (Å²) >= 11 is 0. The van der Waals surface area contributed by atoms with E-state index in [1.165, 1.54) is 11.1 Å². The quantitative estimate of drug-likeness (QED) is 0.609. The number of pyridine rings is 1. The van der Waals surface area contributed by atoms with Crippen LogP contribution in [0.3, 0.4) is 0 Å². The van der Waals surface area contributed by atoms with E-state index in [4.69, 9.17) is 9.47 Å². The molecule has 3 aromatic rings. The summed E-state index contributed by atoms with van der Waals surface area (Å²) in [5.74, 6) is 1.93. The number of likely N-dealkylation sites (tertiary alicyclic amines) is 1. The lowest BCUT2D eigenvalue weighted by Gasteiger charge is -2.39. The molecule has 1 aromatic heterocycles. The summed E-state index contributed by atoms with van der Waals surface area (Å²) in [5.41, 5.74) is 4.74. The third-order valence-electron chi connectivity index (χ3n) is 5.60. The molecule has 3 heterocycles. The maximum absolute atomic E-state index is 11.5. The fraction of sp³-hybridized carbons (Fsp3) is 0.292. The fourth-order valence-electron chi connectivity index (χ4n) is 3.96. The second-order valence-electron chi connectivity index (χ2n) is 7.84. The third-order valence-corrected chi connectivity index (χ3v) is 6.44. The Morgan fingerprint density at radius 1 is 1.10 bits per heavy atom. The summed E-state index contributed by atoms with van der Waals surface area (Å²) in [4.78, 5) is 6.67. The zero-order valence-electron chi connectivity index (χ0n) is 16.9. The highest BCUT2D eigenvalue weighted by Gasteiger charge is 2.28. The first-order valence-corrected chi connectivity index (χ1v) is 11.7. The molecule has 2 aliphatic rings. The van der Waals surface area contributed by atoms with Gasteiger partial charge in [0, 0.05) is 44.1 Å². The fourth-order valence-corrected chi connectivity index (χ4v) is 4.42. The van der Waals surface area contributed by atoms with Crippen molar-refractivity contribution in [2.45, 2.75) is 24.1 Å². The van der Waals surface area contributed by atoms with Gasteiger partial charge in [-0.1, -0.05) is 30.3 Å². The standard InChI is InChI=1S/C24H24N2O3S/c1-30(27)24-9-5-20(13-25-24)18-3-6-21(7-4-18)29-22-15-26(16-22)14-17-2-8-23-19(12-17)10-11-28-23/h2-9,12-13,22H,10-11,14-16H2,1H3. The van der Waals surface area contributed by atoms with Crippen LogP contribution in [-0.2, 0) is 23.8 Å². The molecule has 1 fully saturated rings. The lowest BCUT2D eigenvalue weighted by Crippen LogP contribution is -2.53. The minimum absolute atomic E-state index is 0.231. The molecule has 0 saturated carbocycles. The average molecular weight is 421 g/mol. The van der Waals surface area contributed by atoms with Crippen molar-refractivity contribution in [2.24, 2.45) is 0 Å². The Bertz CT molecular complexity index is 1060. The molecule has 2 aliphatic heterocycles. The predicted octanol–water partition coefficient (Wildman–Crippen LogP) is 3.68. The topological polar surface area (TPSA) is 51.7 Å². The molecule has 0 radical (unpaired) electrons. The number of hydrogen-bond acceptors (Lipinski definition) is 5. The van der Waals surface area contributed by atoms with Crippen molar-refractivity contribution in [2.75, 3.05) is 26.0 Å². The molecule has 2 aromatic carbocycles. The Balaban J connectivity index is 1.13. The lowest BCUT2D eigenvalue weighted by atomic mass is 10.1. The van der Waals surface area contributed by atoms with Crippen molar-refractivity contribution < 1.29 is 13.7 Å². The van der Waals surface area contributed by atoms with Crippen molar-refractivity contribution in [1.82, 2.24) is 9.88 Å². The molecule has 1 unspecified atom stereocenters. The van der Waals surface area contributed by atoms with Gasteiger partial charge in [-0.3, -0.25) is 9.11 Å². The molecule has 0 aliphatic carbocycles. The Labute approximate surface area is 179 Å². The van der Waals surface area contributed by atoms with Crippen LogP contribution in [0.5, 0.6) is 11.5 Å². The molecule has 0 spiro atoms. The van der Waals surface area contributed by atoms with E-state index >= 15 is 0 Å². The zero-order valence-corrected chi connectivity index (χ0v) is 17.7. The Morgan fingerprint density at radius 2 is 1.90 bits per heavy atom. The Morgan fingerprint density at radius 3 is 2.63 bits per heavy atom. The maximum Gasteiger partial charge on any atom is 0.126 e. The van der Waals surface area contributed by atoms with Gasteiger partial charge >= 0.3 is 0 Å². The Hall–Kier alpha value is -2.70. The zero-order chi connectivity index (χ0) is 20.5. The number of benzene rings is 2. The highest BCUT2D eigenvalue weighted by atomic mass is 32.2. The van der Waals surface area contributed by atoms with Crippen molar-refractivity contribution in [3.63, 3.8) is 0 Å². The van der Waals surface area contributed by atoms with Crippen molar-refractivity contribution in [3.05, 3.63) is 71.9 Å². The highest BCUT2D eigenvalue weighted by Crippen LogP contribution is 2.28. The number of hydrogen-bond donors (Lipinski definition) is 0. The smallest absolute Gasteiger partial charge is 0.126 e. The SMILES string of the molecule is CS(=O)c1ccc(-c2ccc(OC3CN(Cc4ccc5c(c4)CCO5)C3)cc2)cn1. The summed E-state index contributed by atoms with van der Waals surface area (Å²) < 4.78 is 23.2. The summed E-state index contributed by atoms with van der Waals surface area (Å²) in [6.45, 7) is 3.64. The highest BCUT2D eigenvalue weighted by molar-refractivity contribution is 7.84. The second kappa shape index (κ2) is 8.20. The normalized spacial score (nSPS) is 17.1.